The van der Waals surface area contributed by atoms with E-state index in [1.54, 1.807) is 6.20 Å². The van der Waals surface area contributed by atoms with Crippen molar-refractivity contribution in [3.63, 3.8) is 0 Å². The van der Waals surface area contributed by atoms with Crippen LogP contribution in [0.25, 0.3) is 0 Å². The molecule has 1 amide bonds. The van der Waals surface area contributed by atoms with Crippen LogP contribution in [-0.4, -0.2) is 42.0 Å². The minimum Gasteiger partial charge on any atom is -0.373 e. The number of ether oxygens (including phenoxy) is 1. The molecule has 3 aliphatic rings. The van der Waals surface area contributed by atoms with Crippen molar-refractivity contribution >= 4 is 5.91 Å². The number of piperidine rings is 1. The van der Waals surface area contributed by atoms with Crippen LogP contribution in [0, 0.1) is 17.8 Å². The van der Waals surface area contributed by atoms with Crippen molar-refractivity contribution in [1.82, 2.24) is 9.88 Å². The zero-order chi connectivity index (χ0) is 17.6. The number of pyridine rings is 1. The molecule has 2 aliphatic carbocycles. The highest BCUT2D eigenvalue weighted by molar-refractivity contribution is 5.90. The summed E-state index contributed by atoms with van der Waals surface area (Å²) in [5, 5.41) is 0. The van der Waals surface area contributed by atoms with E-state index in [0.717, 1.165) is 30.6 Å². The number of rotatable bonds is 4. The first-order valence-electron chi connectivity index (χ1n) is 9.61. The molecule has 0 spiro atoms. The Morgan fingerprint density at radius 2 is 2.00 bits per heavy atom. The summed E-state index contributed by atoms with van der Waals surface area (Å²) in [5.74, 6) is 1.26. The fourth-order valence-corrected chi connectivity index (χ4v) is 5.66. The summed E-state index contributed by atoms with van der Waals surface area (Å²) in [7, 11) is 1.83. The number of methoxy groups -OCH3 is 1. The molecule has 0 aromatic carbocycles. The number of likely N-dealkylation sites (tertiary alicyclic amines) is 1. The predicted octanol–water partition coefficient (Wildman–Crippen LogP) is 2.55. The number of hydrogen-bond acceptors (Lipinski definition) is 4. The first kappa shape index (κ1) is 17.0. The molecule has 5 atom stereocenters. The quantitative estimate of drug-likeness (QED) is 0.912. The lowest BCUT2D eigenvalue weighted by molar-refractivity contribution is -0.181. The molecule has 1 aromatic rings. The maximum Gasteiger partial charge on any atom is 0.267 e. The normalized spacial score (nSPS) is 38.2. The number of hydrogen-bond donors (Lipinski definition) is 1. The van der Waals surface area contributed by atoms with Crippen molar-refractivity contribution in [3.8, 4) is 0 Å². The Balaban J connectivity index is 1.69. The molecule has 2 bridgehead atoms. The maximum absolute atomic E-state index is 11.6. The monoisotopic (exact) mass is 343 g/mol. The number of nitrogens with two attached hydrogens (primary N) is 1. The fraction of sp³-hybridized carbons (Fsp3) is 0.700. The highest BCUT2D eigenvalue weighted by Crippen LogP contribution is 2.52. The Morgan fingerprint density at radius 3 is 2.52 bits per heavy atom. The Labute approximate surface area is 149 Å². The van der Waals surface area contributed by atoms with Gasteiger partial charge in [-0.1, -0.05) is 13.3 Å². The van der Waals surface area contributed by atoms with Gasteiger partial charge in [-0.05, 0) is 49.3 Å². The molecule has 2 N–H and O–H groups in total. The van der Waals surface area contributed by atoms with E-state index < -0.39 is 5.91 Å². The van der Waals surface area contributed by atoms with E-state index in [9.17, 15) is 4.79 Å². The summed E-state index contributed by atoms with van der Waals surface area (Å²) in [6.45, 7) is 4.56. The van der Waals surface area contributed by atoms with E-state index in [1.807, 2.05) is 19.2 Å². The molecule has 1 aromatic heterocycles. The molecule has 1 aliphatic heterocycles. The summed E-state index contributed by atoms with van der Waals surface area (Å²) in [6.07, 6.45) is 8.01. The van der Waals surface area contributed by atoms with Crippen molar-refractivity contribution < 1.29 is 9.53 Å². The second-order valence-electron chi connectivity index (χ2n) is 8.19. The van der Waals surface area contributed by atoms with Crippen molar-refractivity contribution in [2.45, 2.75) is 50.7 Å². The van der Waals surface area contributed by atoms with Gasteiger partial charge in [0.25, 0.3) is 5.91 Å². The molecule has 136 valence electrons. The third-order valence-electron chi connectivity index (χ3n) is 7.07. The lowest BCUT2D eigenvalue weighted by atomic mass is 9.61. The zero-order valence-electron chi connectivity index (χ0n) is 15.3. The largest absolute Gasteiger partial charge is 0.373 e. The van der Waals surface area contributed by atoms with E-state index >= 15 is 0 Å². The van der Waals surface area contributed by atoms with Crippen LogP contribution in [0.3, 0.4) is 0 Å². The fourth-order valence-electron chi connectivity index (χ4n) is 5.66. The van der Waals surface area contributed by atoms with Crippen LogP contribution in [0.2, 0.25) is 0 Å². The molecule has 25 heavy (non-hydrogen) atoms. The number of carbonyl (C=O) groups is 1. The average Bonchev–Trinajstić information content (AvgIpc) is 2.59. The van der Waals surface area contributed by atoms with E-state index in [2.05, 4.69) is 16.8 Å². The van der Waals surface area contributed by atoms with Gasteiger partial charge in [0.15, 0.2) is 0 Å². The second-order valence-corrected chi connectivity index (χ2v) is 8.19. The third kappa shape index (κ3) is 2.59. The molecule has 1 unspecified atom stereocenters. The van der Waals surface area contributed by atoms with Crippen LogP contribution >= 0.6 is 0 Å². The van der Waals surface area contributed by atoms with Crippen LogP contribution in [-0.2, 0) is 10.3 Å². The Kier molecular flexibility index (Phi) is 4.32. The van der Waals surface area contributed by atoms with E-state index in [-0.39, 0.29) is 5.60 Å². The van der Waals surface area contributed by atoms with Gasteiger partial charge in [0.2, 0.25) is 0 Å². The summed E-state index contributed by atoms with van der Waals surface area (Å²) in [4.78, 5) is 18.5. The number of primary amides is 1. The van der Waals surface area contributed by atoms with E-state index in [4.69, 9.17) is 10.5 Å². The van der Waals surface area contributed by atoms with Gasteiger partial charge >= 0.3 is 0 Å². The van der Waals surface area contributed by atoms with Crippen LogP contribution < -0.4 is 5.73 Å². The second kappa shape index (κ2) is 6.36. The number of nitrogens with zero attached hydrogens (tertiary/aromatic N) is 2. The van der Waals surface area contributed by atoms with Gasteiger partial charge in [-0.3, -0.25) is 14.7 Å². The molecule has 1 saturated heterocycles. The van der Waals surface area contributed by atoms with Crippen molar-refractivity contribution in [2.24, 2.45) is 23.5 Å². The molecule has 0 radical (unpaired) electrons. The number of carbonyl (C=O) groups excluding carboxylic acids is 1. The smallest absolute Gasteiger partial charge is 0.267 e. The molecule has 4 rings (SSSR count). The summed E-state index contributed by atoms with van der Waals surface area (Å²) >= 11 is 0. The third-order valence-corrected chi connectivity index (χ3v) is 7.07. The van der Waals surface area contributed by atoms with Gasteiger partial charge in [0, 0.05) is 44.3 Å². The van der Waals surface area contributed by atoms with Gasteiger partial charge in [-0.25, -0.2) is 0 Å². The Bertz CT molecular complexity index is 648. The molecule has 5 heteroatoms. The van der Waals surface area contributed by atoms with E-state index in [1.165, 1.54) is 32.1 Å². The number of aromatic nitrogens is 1. The van der Waals surface area contributed by atoms with Crippen molar-refractivity contribution in [2.75, 3.05) is 20.2 Å². The molecule has 3 fully saturated rings. The molecule has 2 heterocycles. The Morgan fingerprint density at radius 1 is 1.28 bits per heavy atom. The van der Waals surface area contributed by atoms with Crippen molar-refractivity contribution in [3.05, 3.63) is 29.6 Å². The van der Waals surface area contributed by atoms with Gasteiger partial charge in [-0.15, -0.1) is 0 Å². The SMILES string of the molecule is COC1(c2ccnc(C(N)=O)c2)[C@@H]2CCC[C@H]1CN([C@H]1CC[C@H]1C)C2. The van der Waals surface area contributed by atoms with Gasteiger partial charge in [0.05, 0.1) is 0 Å². The topological polar surface area (TPSA) is 68.5 Å². The molecular weight excluding hydrogens is 314 g/mol. The highest BCUT2D eigenvalue weighted by atomic mass is 16.5. The first-order chi connectivity index (χ1) is 12.1. The van der Waals surface area contributed by atoms with Crippen LogP contribution in [0.4, 0.5) is 0 Å². The van der Waals surface area contributed by atoms with Crippen molar-refractivity contribution in [1.29, 1.82) is 0 Å². The highest BCUT2D eigenvalue weighted by Gasteiger charge is 2.54. The van der Waals surface area contributed by atoms with Gasteiger partial charge < -0.3 is 10.5 Å². The molecular formula is C20H29N3O2. The number of fused-ring (bicyclic) bond motifs is 2. The lowest BCUT2D eigenvalue weighted by Crippen LogP contribution is -2.62. The van der Waals surface area contributed by atoms with E-state index in [0.29, 0.717) is 17.5 Å². The van der Waals surface area contributed by atoms with Crippen LogP contribution in [0.15, 0.2) is 18.3 Å². The minimum atomic E-state index is -0.473. The Hall–Kier alpha value is -1.46. The summed E-state index contributed by atoms with van der Waals surface area (Å²) < 4.78 is 6.27. The maximum atomic E-state index is 11.6. The number of amides is 1. The summed E-state index contributed by atoms with van der Waals surface area (Å²) in [6, 6.07) is 4.62. The zero-order valence-corrected chi connectivity index (χ0v) is 15.3. The average molecular weight is 343 g/mol. The minimum absolute atomic E-state index is 0.311. The van der Waals surface area contributed by atoms with Crippen LogP contribution in [0.1, 0.15) is 55.1 Å². The molecule has 2 saturated carbocycles. The first-order valence-corrected chi connectivity index (χ1v) is 9.61. The standard InChI is InChI=1S/C20H29N3O2/c1-13-6-7-18(13)23-11-15-4-3-5-16(12-23)20(15,25-2)14-8-9-22-17(10-14)19(21)24/h8-10,13,15-16,18H,3-7,11-12H2,1-2H3,(H2,21,24)/t13-,15-,16+,18+,20?/m1/s1. The van der Waals surface area contributed by atoms with Gasteiger partial charge in [-0.2, -0.15) is 0 Å². The summed E-state index contributed by atoms with van der Waals surface area (Å²) in [5.41, 5.74) is 6.57. The van der Waals surface area contributed by atoms with Gasteiger partial charge in [0.1, 0.15) is 11.3 Å². The lowest BCUT2D eigenvalue weighted by Gasteiger charge is -2.58. The predicted molar refractivity (Wildman–Crippen MR) is 96.0 cm³/mol. The molecule has 5 nitrogen and oxygen atoms in total. The van der Waals surface area contributed by atoms with Crippen LogP contribution in [0.5, 0.6) is 0 Å².